The number of hydrogen-bond donors (Lipinski definition) is 2. The monoisotopic (exact) mass is 307 g/mol. The molecule has 1 rings (SSSR count). The molecule has 0 aromatic heterocycles. The van der Waals surface area contributed by atoms with Gasteiger partial charge in [0.15, 0.2) is 0 Å². The largest absolute Gasteiger partial charge is 0.393 e. The van der Waals surface area contributed by atoms with Gasteiger partial charge in [-0.25, -0.2) is 0 Å². The first kappa shape index (κ1) is 17.6. The van der Waals surface area contributed by atoms with Crippen LogP contribution in [0.5, 0.6) is 0 Å². The molecule has 3 N–H and O–H groups in total. The van der Waals surface area contributed by atoms with Crippen molar-refractivity contribution in [2.24, 2.45) is 11.7 Å². The quantitative estimate of drug-likeness (QED) is 0.725. The highest BCUT2D eigenvalue weighted by molar-refractivity contribution is 7.80. The van der Waals surface area contributed by atoms with Crippen LogP contribution in [-0.4, -0.2) is 35.4 Å². The lowest BCUT2D eigenvalue weighted by Gasteiger charge is -2.23. The number of nitrogens with two attached hydrogens (primary N) is 1. The number of rotatable bonds is 8. The van der Waals surface area contributed by atoms with Crippen LogP contribution in [0, 0.1) is 12.8 Å². The van der Waals surface area contributed by atoms with Gasteiger partial charge in [0.1, 0.15) is 0 Å². The van der Waals surface area contributed by atoms with Crippen LogP contribution in [0.25, 0.3) is 0 Å². The second-order valence-electron chi connectivity index (χ2n) is 5.76. The topological polar surface area (TPSA) is 58.4 Å². The summed E-state index contributed by atoms with van der Waals surface area (Å²) in [5.41, 5.74) is 7.54. The predicted octanol–water partition coefficient (Wildman–Crippen LogP) is 2.57. The van der Waals surface area contributed by atoms with Crippen molar-refractivity contribution in [3.05, 3.63) is 29.8 Å². The standard InChI is InChI=1S/C16H25N3OS/c1-12(2)10-19(9-8-15(17)21)11-16(20)18-14-6-4-13(3)5-7-14/h4-7,12H,8-11H2,1-3H3,(H2,17,21)(H,18,20). The number of nitrogens with zero attached hydrogens (tertiary/aromatic N) is 1. The average Bonchev–Trinajstić information content (AvgIpc) is 2.38. The Labute approximate surface area is 132 Å². The molecule has 0 bridgehead atoms. The fraction of sp³-hybridized carbons (Fsp3) is 0.500. The summed E-state index contributed by atoms with van der Waals surface area (Å²) in [7, 11) is 0. The summed E-state index contributed by atoms with van der Waals surface area (Å²) in [5.74, 6) is 0.478. The van der Waals surface area contributed by atoms with Crippen molar-refractivity contribution in [3.8, 4) is 0 Å². The van der Waals surface area contributed by atoms with Crippen molar-refractivity contribution in [1.82, 2.24) is 4.90 Å². The molecule has 116 valence electrons. The van der Waals surface area contributed by atoms with E-state index in [9.17, 15) is 4.79 Å². The van der Waals surface area contributed by atoms with Crippen molar-refractivity contribution >= 4 is 28.8 Å². The highest BCUT2D eigenvalue weighted by atomic mass is 32.1. The van der Waals surface area contributed by atoms with Crippen LogP contribution in [0.4, 0.5) is 5.69 Å². The maximum Gasteiger partial charge on any atom is 0.238 e. The molecule has 0 spiro atoms. The van der Waals surface area contributed by atoms with E-state index in [4.69, 9.17) is 18.0 Å². The molecule has 0 atom stereocenters. The number of nitrogens with one attached hydrogen (secondary N) is 1. The fourth-order valence-electron chi connectivity index (χ4n) is 2.06. The van der Waals surface area contributed by atoms with Gasteiger partial charge in [0, 0.05) is 25.2 Å². The molecule has 4 nitrogen and oxygen atoms in total. The number of aryl methyl sites for hydroxylation is 1. The Hall–Kier alpha value is -1.46. The maximum atomic E-state index is 12.1. The summed E-state index contributed by atoms with van der Waals surface area (Å²) in [4.78, 5) is 14.7. The van der Waals surface area contributed by atoms with Gasteiger partial charge in [0.25, 0.3) is 0 Å². The third kappa shape index (κ3) is 7.78. The zero-order chi connectivity index (χ0) is 15.8. The van der Waals surface area contributed by atoms with Gasteiger partial charge >= 0.3 is 0 Å². The van der Waals surface area contributed by atoms with Gasteiger partial charge < -0.3 is 11.1 Å². The third-order valence-corrected chi connectivity index (χ3v) is 3.20. The zero-order valence-electron chi connectivity index (χ0n) is 13.1. The third-order valence-electron chi connectivity index (χ3n) is 3.00. The molecule has 0 aliphatic rings. The molecule has 0 saturated carbocycles. The summed E-state index contributed by atoms with van der Waals surface area (Å²) in [5, 5.41) is 2.92. The molecular weight excluding hydrogens is 282 g/mol. The highest BCUT2D eigenvalue weighted by Gasteiger charge is 2.12. The Morgan fingerprint density at radius 2 is 1.95 bits per heavy atom. The average molecular weight is 307 g/mol. The molecule has 21 heavy (non-hydrogen) atoms. The Morgan fingerprint density at radius 1 is 1.33 bits per heavy atom. The summed E-state index contributed by atoms with van der Waals surface area (Å²) in [6.07, 6.45) is 0.639. The number of hydrogen-bond acceptors (Lipinski definition) is 3. The van der Waals surface area contributed by atoms with Crippen LogP contribution in [0.3, 0.4) is 0 Å². The van der Waals surface area contributed by atoms with Crippen molar-refractivity contribution in [3.63, 3.8) is 0 Å². The van der Waals surface area contributed by atoms with Crippen LogP contribution < -0.4 is 11.1 Å². The van der Waals surface area contributed by atoms with Gasteiger partial charge in [-0.2, -0.15) is 0 Å². The molecular formula is C16H25N3OS. The molecule has 0 aliphatic carbocycles. The highest BCUT2D eigenvalue weighted by Crippen LogP contribution is 2.09. The normalized spacial score (nSPS) is 10.9. The van der Waals surface area contributed by atoms with Crippen LogP contribution in [0.1, 0.15) is 25.8 Å². The van der Waals surface area contributed by atoms with E-state index in [-0.39, 0.29) is 5.91 Å². The Kier molecular flexibility index (Phi) is 7.32. The second-order valence-corrected chi connectivity index (χ2v) is 6.28. The van der Waals surface area contributed by atoms with Crippen molar-refractivity contribution in [2.75, 3.05) is 25.0 Å². The number of thiocarbonyl (C=S) groups is 1. The Bertz CT molecular complexity index is 471. The number of benzene rings is 1. The minimum atomic E-state index is -0.0116. The fourth-order valence-corrected chi connectivity index (χ4v) is 2.15. The van der Waals surface area contributed by atoms with E-state index in [1.165, 1.54) is 5.56 Å². The van der Waals surface area contributed by atoms with Crippen LogP contribution in [0.15, 0.2) is 24.3 Å². The zero-order valence-corrected chi connectivity index (χ0v) is 13.9. The molecule has 0 fully saturated rings. The minimum absolute atomic E-state index is 0.0116. The molecule has 0 saturated heterocycles. The minimum Gasteiger partial charge on any atom is -0.393 e. The first-order valence-electron chi connectivity index (χ1n) is 7.24. The van der Waals surface area contributed by atoms with Gasteiger partial charge in [0.05, 0.1) is 11.5 Å². The molecule has 0 radical (unpaired) electrons. The molecule has 0 heterocycles. The van der Waals surface area contributed by atoms with E-state index in [0.29, 0.717) is 23.9 Å². The summed E-state index contributed by atoms with van der Waals surface area (Å²) >= 11 is 4.91. The maximum absolute atomic E-state index is 12.1. The summed E-state index contributed by atoms with van der Waals surface area (Å²) < 4.78 is 0. The molecule has 5 heteroatoms. The molecule has 0 aliphatic heterocycles. The second kappa shape index (κ2) is 8.74. The SMILES string of the molecule is Cc1ccc(NC(=O)CN(CCC(N)=S)CC(C)C)cc1. The van der Waals surface area contributed by atoms with E-state index in [0.717, 1.165) is 18.8 Å². The molecule has 0 unspecified atom stereocenters. The van der Waals surface area contributed by atoms with Crippen LogP contribution in [-0.2, 0) is 4.79 Å². The number of anilines is 1. The van der Waals surface area contributed by atoms with E-state index >= 15 is 0 Å². The Balaban J connectivity index is 2.53. The molecule has 1 aromatic rings. The lowest BCUT2D eigenvalue weighted by Crippen LogP contribution is -2.37. The summed E-state index contributed by atoms with van der Waals surface area (Å²) in [6.45, 7) is 8.20. The van der Waals surface area contributed by atoms with Gasteiger partial charge in [-0.1, -0.05) is 43.8 Å². The van der Waals surface area contributed by atoms with E-state index in [1.54, 1.807) is 0 Å². The van der Waals surface area contributed by atoms with E-state index < -0.39 is 0 Å². The van der Waals surface area contributed by atoms with Gasteiger partial charge in [-0.3, -0.25) is 9.69 Å². The lowest BCUT2D eigenvalue weighted by molar-refractivity contribution is -0.117. The lowest BCUT2D eigenvalue weighted by atomic mass is 10.2. The van der Waals surface area contributed by atoms with Crippen LogP contribution >= 0.6 is 12.2 Å². The van der Waals surface area contributed by atoms with Crippen molar-refractivity contribution in [2.45, 2.75) is 27.2 Å². The number of amides is 1. The summed E-state index contributed by atoms with van der Waals surface area (Å²) in [6, 6.07) is 7.78. The first-order chi connectivity index (χ1) is 9.86. The first-order valence-corrected chi connectivity index (χ1v) is 7.65. The Morgan fingerprint density at radius 3 is 2.48 bits per heavy atom. The van der Waals surface area contributed by atoms with E-state index in [2.05, 4.69) is 24.1 Å². The predicted molar refractivity (Wildman–Crippen MR) is 92.5 cm³/mol. The number of carbonyl (C=O) groups excluding carboxylic acids is 1. The smallest absolute Gasteiger partial charge is 0.238 e. The van der Waals surface area contributed by atoms with E-state index in [1.807, 2.05) is 31.2 Å². The molecule has 1 amide bonds. The van der Waals surface area contributed by atoms with Gasteiger partial charge in [-0.15, -0.1) is 0 Å². The van der Waals surface area contributed by atoms with Gasteiger partial charge in [-0.05, 0) is 25.0 Å². The van der Waals surface area contributed by atoms with Gasteiger partial charge in [0.2, 0.25) is 5.91 Å². The van der Waals surface area contributed by atoms with Crippen molar-refractivity contribution in [1.29, 1.82) is 0 Å². The van der Waals surface area contributed by atoms with Crippen LogP contribution in [0.2, 0.25) is 0 Å². The van der Waals surface area contributed by atoms with Crippen molar-refractivity contribution < 1.29 is 4.79 Å². The number of carbonyl (C=O) groups is 1. The molecule has 1 aromatic carbocycles.